The number of carboxylic acids is 1. The van der Waals surface area contributed by atoms with Crippen LogP contribution in [0.2, 0.25) is 0 Å². The molecule has 0 fully saturated rings. The molecule has 0 saturated carbocycles. The van der Waals surface area contributed by atoms with Crippen molar-refractivity contribution in [2.75, 3.05) is 27.4 Å². The number of nitrogens with zero attached hydrogens (tertiary/aromatic N) is 1. The van der Waals surface area contributed by atoms with Crippen LogP contribution in [0.15, 0.2) is 12.2 Å². The van der Waals surface area contributed by atoms with Gasteiger partial charge in [0.15, 0.2) is 6.54 Å². The van der Waals surface area contributed by atoms with Crippen LogP contribution >= 0.6 is 0 Å². The summed E-state index contributed by atoms with van der Waals surface area (Å²) < 4.78 is 4.93. The van der Waals surface area contributed by atoms with Crippen LogP contribution in [0.3, 0.4) is 0 Å². The molecule has 80 valence electrons. The molecule has 5 nitrogen and oxygen atoms in total. The first-order chi connectivity index (χ1) is 6.24. The van der Waals surface area contributed by atoms with Crippen LogP contribution in [-0.2, 0) is 14.3 Å². The second kappa shape index (κ2) is 4.76. The molecule has 0 aliphatic carbocycles. The number of likely N-dealkylation sites (N-methyl/N-ethyl adjacent to an activating group) is 1. The maximum atomic E-state index is 11.0. The highest BCUT2D eigenvalue weighted by Crippen LogP contribution is 2.00. The summed E-state index contributed by atoms with van der Waals surface area (Å²) in [6, 6.07) is 0. The average molecular weight is 205 g/mol. The molecule has 0 atom stereocenters. The van der Waals surface area contributed by atoms with Crippen LogP contribution in [0.4, 0.5) is 0 Å². The third-order valence-corrected chi connectivity index (χ3v) is 1.46. The maximum Gasteiger partial charge on any atom is 0.359 e. The number of rotatable bonds is 5. The van der Waals surface area contributed by atoms with E-state index < -0.39 is 11.9 Å². The molecule has 0 spiro atoms. The van der Waals surface area contributed by atoms with E-state index in [0.29, 0.717) is 5.57 Å². The van der Waals surface area contributed by atoms with Crippen molar-refractivity contribution in [3.8, 4) is 0 Å². The van der Waals surface area contributed by atoms with E-state index in [4.69, 9.17) is 9.84 Å². The fourth-order valence-electron chi connectivity index (χ4n) is 0.768. The zero-order valence-electron chi connectivity index (χ0n) is 8.74. The summed E-state index contributed by atoms with van der Waals surface area (Å²) in [5.74, 6) is -1.43. The fraction of sp³-hybridized carbons (Fsp3) is 0.556. The van der Waals surface area contributed by atoms with Crippen molar-refractivity contribution in [1.29, 1.82) is 0 Å². The molecule has 0 aromatic rings. The van der Waals surface area contributed by atoms with Gasteiger partial charge < -0.3 is 9.84 Å². The minimum atomic E-state index is -0.929. The Labute approximate surface area is 83.2 Å². The number of carbonyl (C=O) groups excluding carboxylic acids is 1. The van der Waals surface area contributed by atoms with Crippen LogP contribution in [0, 0.1) is 0 Å². The second-order valence-corrected chi connectivity index (χ2v) is 3.83. The highest BCUT2D eigenvalue weighted by Gasteiger charge is 2.21. The van der Waals surface area contributed by atoms with Crippen LogP contribution < -0.4 is 0 Å². The molecule has 0 unspecified atom stereocenters. The molecule has 0 aliphatic heterocycles. The summed E-state index contributed by atoms with van der Waals surface area (Å²) in [5.41, 5.74) is 0.306. The predicted octanol–water partition coefficient (Wildman–Crippen LogP) is 0.224. The number of carboxylic acid groups (broad SMARTS) is 1. The van der Waals surface area contributed by atoms with Crippen LogP contribution in [-0.4, -0.2) is 48.9 Å². The van der Waals surface area contributed by atoms with Crippen LogP contribution in [0.1, 0.15) is 6.92 Å². The summed E-state index contributed by atoms with van der Waals surface area (Å²) in [6.07, 6.45) is 0. The van der Waals surface area contributed by atoms with Gasteiger partial charge in [0.05, 0.1) is 14.1 Å². The van der Waals surface area contributed by atoms with Crippen molar-refractivity contribution in [2.45, 2.75) is 6.92 Å². The van der Waals surface area contributed by atoms with Crippen molar-refractivity contribution in [1.82, 2.24) is 0 Å². The van der Waals surface area contributed by atoms with E-state index >= 15 is 0 Å². The first-order valence-electron chi connectivity index (χ1n) is 4.11. The number of ether oxygens (including phenoxy) is 1. The third kappa shape index (κ3) is 5.31. The third-order valence-electron chi connectivity index (χ3n) is 1.46. The molecule has 0 aromatic carbocycles. The van der Waals surface area contributed by atoms with Gasteiger partial charge in [-0.1, -0.05) is 6.58 Å². The molecule has 0 rings (SSSR count). The van der Waals surface area contributed by atoms with Gasteiger partial charge >= 0.3 is 11.9 Å². The zero-order chi connectivity index (χ0) is 11.4. The summed E-state index contributed by atoms with van der Waals surface area (Å²) in [6.45, 7) is 4.89. The average Bonchev–Trinajstić information content (AvgIpc) is 1.97. The number of carbonyl (C=O) groups is 2. The first kappa shape index (κ1) is 12.6. The highest BCUT2D eigenvalue weighted by molar-refractivity contribution is 5.86. The number of aliphatic carboxylic acids is 1. The zero-order valence-corrected chi connectivity index (χ0v) is 8.74. The Hall–Kier alpha value is -1.36. The SMILES string of the molecule is C=C(C)C(=O)OC[15N+]([13CH3])([13CH3])CC(=O)O. The Morgan fingerprint density at radius 1 is 1.43 bits per heavy atom. The lowest BCUT2D eigenvalue weighted by Gasteiger charge is -2.26. The van der Waals surface area contributed by atoms with E-state index in [0.717, 1.165) is 0 Å². The van der Waals surface area contributed by atoms with Crippen LogP contribution in [0.25, 0.3) is 0 Å². The predicted molar refractivity (Wildman–Crippen MR) is 50.4 cm³/mol. The lowest BCUT2D eigenvalue weighted by Crippen LogP contribution is -2.46. The smallest absolute Gasteiger partial charge is 0.359 e. The summed E-state index contributed by atoms with van der Waals surface area (Å²) >= 11 is 0. The normalized spacial score (nSPS) is 10.8. The quantitative estimate of drug-likeness (QED) is 0.174. The Kier molecular flexibility index (Phi) is 4.30. The van der Waals surface area contributed by atoms with E-state index in [-0.39, 0.29) is 17.8 Å². The Morgan fingerprint density at radius 3 is 2.29 bits per heavy atom. The Bertz CT molecular complexity index is 258. The van der Waals surface area contributed by atoms with Crippen molar-refractivity contribution in [2.24, 2.45) is 0 Å². The van der Waals surface area contributed by atoms with Crippen molar-refractivity contribution in [3.63, 3.8) is 0 Å². The molecule has 0 heterocycles. The van der Waals surface area contributed by atoms with E-state index in [1.54, 1.807) is 21.0 Å². The molecule has 0 saturated heterocycles. The van der Waals surface area contributed by atoms with Gasteiger partial charge in [0.1, 0.15) is 0 Å². The van der Waals surface area contributed by atoms with E-state index in [1.807, 2.05) is 0 Å². The summed E-state index contributed by atoms with van der Waals surface area (Å²) in [5, 5.41) is 8.55. The number of quaternary nitrogens is 1. The molecule has 0 aromatic heterocycles. The lowest BCUT2D eigenvalue weighted by molar-refractivity contribution is -0.900. The van der Waals surface area contributed by atoms with Gasteiger partial charge in [-0.3, -0.25) is 4.48 Å². The minimum absolute atomic E-state index is 0.0258. The molecule has 0 aliphatic rings. The maximum absolute atomic E-state index is 11.0. The second-order valence-electron chi connectivity index (χ2n) is 3.83. The van der Waals surface area contributed by atoms with Gasteiger partial charge in [0.25, 0.3) is 0 Å². The van der Waals surface area contributed by atoms with E-state index in [9.17, 15) is 9.59 Å². The molecular formula is C9H16NO4+. The number of hydrogen-bond donors (Lipinski definition) is 1. The lowest BCUT2D eigenvalue weighted by atomic mass is 10.4. The monoisotopic (exact) mass is 205 g/mol. The van der Waals surface area contributed by atoms with Gasteiger partial charge in [0, 0.05) is 5.57 Å². The molecule has 0 radical (unpaired) electrons. The largest absolute Gasteiger partial charge is 0.477 e. The number of esters is 1. The summed E-state index contributed by atoms with van der Waals surface area (Å²) in [4.78, 5) is 21.4. The number of hydrogen-bond acceptors (Lipinski definition) is 3. The molecule has 0 amide bonds. The van der Waals surface area contributed by atoms with Gasteiger partial charge in [-0.25, -0.2) is 9.59 Å². The fourth-order valence-corrected chi connectivity index (χ4v) is 0.768. The van der Waals surface area contributed by atoms with Gasteiger partial charge in [0.2, 0.25) is 6.73 Å². The van der Waals surface area contributed by atoms with Gasteiger partial charge in [-0.2, -0.15) is 0 Å². The topological polar surface area (TPSA) is 63.6 Å². The highest BCUT2D eigenvalue weighted by atomic mass is 16.6. The van der Waals surface area contributed by atoms with Gasteiger partial charge in [-0.15, -0.1) is 0 Å². The standard InChI is InChI=1S/C9H15NO4/c1-7(2)9(13)14-6-10(3,4)5-8(11)12/h1,5-6H2,2-4H3/p+1/i3+1,4+1,10+1. The Morgan fingerprint density at radius 2 is 1.93 bits per heavy atom. The molecule has 5 heteroatoms. The van der Waals surface area contributed by atoms with Crippen molar-refractivity contribution >= 4 is 11.9 Å². The minimum Gasteiger partial charge on any atom is -0.477 e. The first-order valence-corrected chi connectivity index (χ1v) is 4.11. The van der Waals surface area contributed by atoms with E-state index in [1.165, 1.54) is 0 Å². The molecule has 1 N–H and O–H groups in total. The van der Waals surface area contributed by atoms with Crippen LogP contribution in [0.5, 0.6) is 0 Å². The Balaban J connectivity index is 4.05. The van der Waals surface area contributed by atoms with Crippen molar-refractivity contribution < 1.29 is 23.9 Å². The summed E-state index contributed by atoms with van der Waals surface area (Å²) in [7, 11) is 3.33. The van der Waals surface area contributed by atoms with E-state index in [2.05, 4.69) is 6.58 Å². The molecule has 14 heavy (non-hydrogen) atoms. The molecular weight excluding hydrogens is 189 g/mol. The van der Waals surface area contributed by atoms with Gasteiger partial charge in [-0.05, 0) is 6.92 Å². The van der Waals surface area contributed by atoms with Crippen molar-refractivity contribution in [3.05, 3.63) is 12.2 Å². The molecule has 0 bridgehead atoms.